The number of aromatic nitrogens is 3. The number of carboxylic acid groups (broad SMARTS) is 1. The summed E-state index contributed by atoms with van der Waals surface area (Å²) < 4.78 is 12.2. The highest BCUT2D eigenvalue weighted by Gasteiger charge is 2.29. The predicted octanol–water partition coefficient (Wildman–Crippen LogP) is 6.29. The fourth-order valence-electron chi connectivity index (χ4n) is 8.06. The molecular weight excluding hydrogens is 656 g/mol. The van der Waals surface area contributed by atoms with Gasteiger partial charge in [-0.3, -0.25) is 19.6 Å². The van der Waals surface area contributed by atoms with Crippen LogP contribution in [0.2, 0.25) is 0 Å². The number of fused-ring (bicyclic) bond motifs is 2. The SMILES string of the molecule is COc1nc(O[C@@H]2CCc3c(-c4cccc(Nc5nccc6cc(CN7CC[C@@H](C(=O)O)C7)cnc56)c4C)cccc32)ccc1CN1CC[C@@H](O)C1. The van der Waals surface area contributed by atoms with Crippen molar-refractivity contribution in [2.45, 2.75) is 57.9 Å². The molecule has 268 valence electrons. The van der Waals surface area contributed by atoms with Crippen molar-refractivity contribution in [3.63, 3.8) is 0 Å². The van der Waals surface area contributed by atoms with Gasteiger partial charge in [-0.15, -0.1) is 0 Å². The minimum absolute atomic E-state index is 0.117. The fraction of sp³-hybridized carbons (Fsp3) is 0.366. The van der Waals surface area contributed by atoms with Crippen LogP contribution in [-0.2, 0) is 24.3 Å². The molecule has 0 spiro atoms. The first-order valence-corrected chi connectivity index (χ1v) is 18.1. The highest BCUT2D eigenvalue weighted by atomic mass is 16.5. The number of carbonyl (C=O) groups is 1. The van der Waals surface area contributed by atoms with E-state index in [0.717, 1.165) is 71.2 Å². The number of hydrogen-bond donors (Lipinski definition) is 3. The van der Waals surface area contributed by atoms with Crippen molar-refractivity contribution in [1.29, 1.82) is 0 Å². The molecular formula is C41H44N6O5. The molecule has 1 aliphatic carbocycles. The second kappa shape index (κ2) is 14.5. The second-order valence-electron chi connectivity index (χ2n) is 14.3. The van der Waals surface area contributed by atoms with Gasteiger partial charge in [0.1, 0.15) is 11.6 Å². The zero-order chi connectivity index (χ0) is 35.8. The van der Waals surface area contributed by atoms with E-state index in [1.807, 2.05) is 24.4 Å². The van der Waals surface area contributed by atoms with Gasteiger partial charge in [0.15, 0.2) is 5.82 Å². The van der Waals surface area contributed by atoms with Crippen LogP contribution in [-0.4, -0.2) is 80.3 Å². The molecule has 5 aromatic rings. The second-order valence-corrected chi connectivity index (χ2v) is 14.3. The summed E-state index contributed by atoms with van der Waals surface area (Å²) in [7, 11) is 1.64. The zero-order valence-electron chi connectivity index (χ0n) is 29.6. The number of pyridine rings is 3. The van der Waals surface area contributed by atoms with E-state index < -0.39 is 5.97 Å². The maximum absolute atomic E-state index is 11.4. The van der Waals surface area contributed by atoms with Crippen LogP contribution >= 0.6 is 0 Å². The van der Waals surface area contributed by atoms with Crippen LogP contribution in [0.15, 0.2) is 73.1 Å². The van der Waals surface area contributed by atoms with Gasteiger partial charge >= 0.3 is 5.97 Å². The molecule has 52 heavy (non-hydrogen) atoms. The third-order valence-corrected chi connectivity index (χ3v) is 10.8. The van der Waals surface area contributed by atoms with Crippen LogP contribution in [0.25, 0.3) is 22.0 Å². The van der Waals surface area contributed by atoms with Crippen molar-refractivity contribution < 1.29 is 24.5 Å². The molecule has 0 unspecified atom stereocenters. The van der Waals surface area contributed by atoms with Gasteiger partial charge in [0.05, 0.1) is 19.1 Å². The number of ether oxygens (including phenoxy) is 2. The molecule has 3 atom stereocenters. The highest BCUT2D eigenvalue weighted by molar-refractivity contribution is 5.91. The van der Waals surface area contributed by atoms with Crippen molar-refractivity contribution in [3.05, 3.63) is 101 Å². The summed E-state index contributed by atoms with van der Waals surface area (Å²) in [5.74, 6) is 0.767. The Morgan fingerprint density at radius 3 is 2.60 bits per heavy atom. The van der Waals surface area contributed by atoms with Gasteiger partial charge in [-0.2, -0.15) is 4.98 Å². The molecule has 2 fully saturated rings. The summed E-state index contributed by atoms with van der Waals surface area (Å²) in [5.41, 5.74) is 9.71. The predicted molar refractivity (Wildman–Crippen MR) is 199 cm³/mol. The largest absolute Gasteiger partial charge is 0.481 e. The summed E-state index contributed by atoms with van der Waals surface area (Å²) in [6, 6.07) is 20.8. The van der Waals surface area contributed by atoms with E-state index in [4.69, 9.17) is 19.4 Å². The maximum Gasteiger partial charge on any atom is 0.307 e. The van der Waals surface area contributed by atoms with Crippen LogP contribution in [0.4, 0.5) is 11.5 Å². The van der Waals surface area contributed by atoms with E-state index >= 15 is 0 Å². The Kier molecular flexibility index (Phi) is 9.48. The minimum Gasteiger partial charge on any atom is -0.481 e. The Hall–Kier alpha value is -5.10. The van der Waals surface area contributed by atoms with Crippen molar-refractivity contribution in [2.75, 3.05) is 38.6 Å². The summed E-state index contributed by atoms with van der Waals surface area (Å²) >= 11 is 0. The Morgan fingerprint density at radius 1 is 0.962 bits per heavy atom. The lowest BCUT2D eigenvalue weighted by Crippen LogP contribution is -2.22. The molecule has 11 heteroatoms. The molecule has 3 aromatic heterocycles. The first-order valence-electron chi connectivity index (χ1n) is 18.1. The molecule has 0 radical (unpaired) electrons. The smallest absolute Gasteiger partial charge is 0.307 e. The van der Waals surface area contributed by atoms with E-state index in [1.54, 1.807) is 13.3 Å². The third-order valence-electron chi connectivity index (χ3n) is 10.8. The molecule has 0 bridgehead atoms. The topological polar surface area (TPSA) is 133 Å². The first-order chi connectivity index (χ1) is 25.3. The average Bonchev–Trinajstić information content (AvgIpc) is 3.90. The number of aliphatic carboxylic acids is 1. The molecule has 3 N–H and O–H groups in total. The van der Waals surface area contributed by atoms with E-state index in [9.17, 15) is 15.0 Å². The Balaban J connectivity index is 0.994. The van der Waals surface area contributed by atoms with E-state index in [0.29, 0.717) is 50.2 Å². The van der Waals surface area contributed by atoms with Crippen molar-refractivity contribution >= 4 is 28.4 Å². The summed E-state index contributed by atoms with van der Waals surface area (Å²) in [6.07, 6.45) is 6.51. The number of hydrogen-bond acceptors (Lipinski definition) is 10. The highest BCUT2D eigenvalue weighted by Crippen LogP contribution is 2.42. The first kappa shape index (κ1) is 34.0. The molecule has 8 rings (SSSR count). The van der Waals surface area contributed by atoms with Gasteiger partial charge < -0.3 is 25.0 Å². The van der Waals surface area contributed by atoms with Crippen LogP contribution in [0.5, 0.6) is 11.8 Å². The maximum atomic E-state index is 11.4. The summed E-state index contributed by atoms with van der Waals surface area (Å²) in [6.45, 7) is 6.36. The fourth-order valence-corrected chi connectivity index (χ4v) is 8.06. The summed E-state index contributed by atoms with van der Waals surface area (Å²) in [4.78, 5) is 30.0. The zero-order valence-corrected chi connectivity index (χ0v) is 29.6. The number of rotatable bonds is 11. The Bertz CT molecular complexity index is 2120. The molecule has 0 amide bonds. The van der Waals surface area contributed by atoms with Gasteiger partial charge in [0, 0.05) is 67.8 Å². The summed E-state index contributed by atoms with van der Waals surface area (Å²) in [5, 5.41) is 23.9. The number of aliphatic hydroxyl groups excluding tert-OH is 1. The van der Waals surface area contributed by atoms with Crippen LogP contribution in [0.3, 0.4) is 0 Å². The van der Waals surface area contributed by atoms with Crippen LogP contribution < -0.4 is 14.8 Å². The number of nitrogens with zero attached hydrogens (tertiary/aromatic N) is 5. The number of methoxy groups -OCH3 is 1. The number of anilines is 2. The van der Waals surface area contributed by atoms with Gasteiger partial charge in [-0.05, 0) is 96.8 Å². The lowest BCUT2D eigenvalue weighted by atomic mass is 9.93. The molecule has 11 nitrogen and oxygen atoms in total. The number of β-amino-alcohol motifs (C(OH)–C–C–N with tert-alkyl or cyclic N) is 1. The lowest BCUT2D eigenvalue weighted by molar-refractivity contribution is -0.141. The lowest BCUT2D eigenvalue weighted by Gasteiger charge is -2.19. The van der Waals surface area contributed by atoms with Crippen molar-refractivity contribution in [2.24, 2.45) is 5.92 Å². The molecule has 2 aliphatic heterocycles. The normalized spacial score (nSPS) is 20.3. The van der Waals surface area contributed by atoms with Gasteiger partial charge in [-0.1, -0.05) is 30.3 Å². The Morgan fingerprint density at radius 2 is 1.79 bits per heavy atom. The third kappa shape index (κ3) is 6.91. The minimum atomic E-state index is -0.720. The quantitative estimate of drug-likeness (QED) is 0.144. The van der Waals surface area contributed by atoms with E-state index in [1.165, 1.54) is 16.7 Å². The average molecular weight is 701 g/mol. The molecule has 2 saturated heterocycles. The van der Waals surface area contributed by atoms with Gasteiger partial charge in [-0.25, -0.2) is 4.98 Å². The number of aliphatic hydroxyl groups is 1. The molecule has 3 aliphatic rings. The van der Waals surface area contributed by atoms with E-state index in [2.05, 4.69) is 69.5 Å². The number of benzene rings is 2. The Labute approximate surface area is 303 Å². The standard InChI is InChI=1S/C41H44N6O5/c1-25-31(5-4-8-35(25)44-39-38-27(13-16-42-39)19-26(20-43-38)21-46-17-14-29(23-46)41(49)50)32-6-3-7-34-33(32)10-11-36(34)52-37-12-9-28(40(45-37)51-2)22-47-18-15-30(48)24-47/h3-9,12-13,16,19-20,29-30,36,48H,10-11,14-15,17-18,21-24H2,1-2H3,(H,42,44)(H,49,50)/t29-,30-,36-/m1/s1. The molecule has 2 aromatic carbocycles. The number of nitrogens with one attached hydrogen (secondary N) is 1. The van der Waals surface area contributed by atoms with Crippen LogP contribution in [0, 0.1) is 12.8 Å². The van der Waals surface area contributed by atoms with Gasteiger partial charge in [0.25, 0.3) is 0 Å². The van der Waals surface area contributed by atoms with Crippen molar-refractivity contribution in [1.82, 2.24) is 24.8 Å². The number of carboxylic acids is 1. The monoisotopic (exact) mass is 700 g/mol. The van der Waals surface area contributed by atoms with Gasteiger partial charge in [0.2, 0.25) is 11.8 Å². The number of likely N-dealkylation sites (tertiary alicyclic amines) is 2. The van der Waals surface area contributed by atoms with Crippen LogP contribution in [0.1, 0.15) is 53.2 Å². The van der Waals surface area contributed by atoms with E-state index in [-0.39, 0.29) is 18.1 Å². The molecule has 0 saturated carbocycles. The molecule has 5 heterocycles. The van der Waals surface area contributed by atoms with Crippen molar-refractivity contribution in [3.8, 4) is 22.9 Å².